The molecule has 0 fully saturated rings. The number of nitrogens with zero attached hydrogens (tertiary/aromatic N) is 2. The highest BCUT2D eigenvalue weighted by Crippen LogP contribution is 2.27. The Labute approximate surface area is 154 Å². The summed E-state index contributed by atoms with van der Waals surface area (Å²) in [5.74, 6) is 0.665. The highest BCUT2D eigenvalue weighted by molar-refractivity contribution is 14.0. The predicted molar refractivity (Wildman–Crippen MR) is 104 cm³/mol. The summed E-state index contributed by atoms with van der Waals surface area (Å²) in [5.41, 5.74) is 2.25. The first-order chi connectivity index (χ1) is 10.8. The third-order valence-corrected chi connectivity index (χ3v) is 3.56. The number of benzene rings is 1. The Morgan fingerprint density at radius 1 is 1.35 bits per heavy atom. The Bertz CT molecular complexity index is 537. The normalized spacial score (nSPS) is 13.3. The van der Waals surface area contributed by atoms with E-state index >= 15 is 0 Å². The molecule has 0 radical (unpaired) electrons. The fourth-order valence-electron chi connectivity index (χ4n) is 2.46. The molecule has 0 aliphatic carbocycles. The van der Waals surface area contributed by atoms with Crippen LogP contribution >= 0.6 is 24.0 Å². The Morgan fingerprint density at radius 3 is 2.87 bits per heavy atom. The smallest absolute Gasteiger partial charge is 0.246 e. The lowest BCUT2D eigenvalue weighted by atomic mass is 10.2. The molecular formula is C16H25IN4O2. The highest BCUT2D eigenvalue weighted by Gasteiger charge is 2.23. The lowest BCUT2D eigenvalue weighted by Crippen LogP contribution is -2.45. The minimum Gasteiger partial charge on any atom is -0.380 e. The number of guanidine groups is 1. The van der Waals surface area contributed by atoms with E-state index in [1.807, 2.05) is 30.0 Å². The summed E-state index contributed by atoms with van der Waals surface area (Å²) in [7, 11) is 1.69. The van der Waals surface area contributed by atoms with E-state index in [9.17, 15) is 4.79 Å². The van der Waals surface area contributed by atoms with Crippen LogP contribution in [0.15, 0.2) is 29.3 Å². The van der Waals surface area contributed by atoms with Gasteiger partial charge in [-0.15, -0.1) is 24.0 Å². The van der Waals surface area contributed by atoms with E-state index in [4.69, 9.17) is 4.74 Å². The standard InChI is InChI=1S/C16H24N4O2.HI/c1-3-22-11-9-18-16(17-2)19-12-15(21)20-10-8-13-6-4-5-7-14(13)20;/h4-7H,3,8-12H2,1-2H3,(H2,17,18,19);1H. The maximum atomic E-state index is 12.4. The number of rotatable bonds is 6. The van der Waals surface area contributed by atoms with Crippen LogP contribution in [0.4, 0.5) is 5.69 Å². The number of para-hydroxylation sites is 1. The van der Waals surface area contributed by atoms with Gasteiger partial charge in [-0.2, -0.15) is 0 Å². The minimum absolute atomic E-state index is 0. The third kappa shape index (κ3) is 5.65. The van der Waals surface area contributed by atoms with Crippen molar-refractivity contribution in [1.82, 2.24) is 10.6 Å². The van der Waals surface area contributed by atoms with Crippen LogP contribution in [0.1, 0.15) is 12.5 Å². The molecule has 0 spiro atoms. The van der Waals surface area contributed by atoms with Gasteiger partial charge in [-0.25, -0.2) is 0 Å². The van der Waals surface area contributed by atoms with E-state index in [1.165, 1.54) is 5.56 Å². The summed E-state index contributed by atoms with van der Waals surface area (Å²) in [6, 6.07) is 8.04. The zero-order chi connectivity index (χ0) is 15.8. The van der Waals surface area contributed by atoms with E-state index in [0.717, 1.165) is 18.7 Å². The van der Waals surface area contributed by atoms with Crippen molar-refractivity contribution in [2.75, 3.05) is 44.8 Å². The number of hydrogen-bond donors (Lipinski definition) is 2. The van der Waals surface area contributed by atoms with Gasteiger partial charge in [0.05, 0.1) is 13.2 Å². The number of nitrogens with one attached hydrogen (secondary N) is 2. The predicted octanol–water partition coefficient (Wildman–Crippen LogP) is 1.40. The number of amides is 1. The maximum absolute atomic E-state index is 12.4. The van der Waals surface area contributed by atoms with Gasteiger partial charge in [0.25, 0.3) is 0 Å². The van der Waals surface area contributed by atoms with Crippen LogP contribution < -0.4 is 15.5 Å². The molecule has 128 valence electrons. The fourth-order valence-corrected chi connectivity index (χ4v) is 2.46. The molecule has 2 N–H and O–H groups in total. The van der Waals surface area contributed by atoms with Crippen LogP contribution in [0, 0.1) is 0 Å². The lowest BCUT2D eigenvalue weighted by Gasteiger charge is -2.18. The molecule has 0 bridgehead atoms. The summed E-state index contributed by atoms with van der Waals surface area (Å²) in [6.07, 6.45) is 0.920. The van der Waals surface area contributed by atoms with E-state index in [1.54, 1.807) is 7.05 Å². The highest BCUT2D eigenvalue weighted by atomic mass is 127. The molecule has 0 unspecified atom stereocenters. The number of hydrogen-bond acceptors (Lipinski definition) is 3. The van der Waals surface area contributed by atoms with Crippen molar-refractivity contribution in [2.24, 2.45) is 4.99 Å². The number of halogens is 1. The number of carbonyl (C=O) groups is 1. The average molecular weight is 432 g/mol. The van der Waals surface area contributed by atoms with Crippen molar-refractivity contribution in [1.29, 1.82) is 0 Å². The molecule has 1 aromatic rings. The van der Waals surface area contributed by atoms with Crippen LogP contribution in [0.2, 0.25) is 0 Å². The number of aliphatic imine (C=N–C) groups is 1. The molecule has 2 rings (SSSR count). The van der Waals surface area contributed by atoms with Gasteiger partial charge in [0.15, 0.2) is 5.96 Å². The van der Waals surface area contributed by atoms with Crippen molar-refractivity contribution in [3.63, 3.8) is 0 Å². The molecule has 0 saturated heterocycles. The zero-order valence-corrected chi connectivity index (χ0v) is 16.0. The second-order valence-electron chi connectivity index (χ2n) is 4.97. The fraction of sp³-hybridized carbons (Fsp3) is 0.500. The van der Waals surface area contributed by atoms with Crippen molar-refractivity contribution < 1.29 is 9.53 Å². The van der Waals surface area contributed by atoms with Crippen LogP contribution in [0.5, 0.6) is 0 Å². The van der Waals surface area contributed by atoms with Gasteiger partial charge in [-0.3, -0.25) is 9.79 Å². The van der Waals surface area contributed by atoms with Crippen LogP contribution in [-0.4, -0.2) is 51.8 Å². The summed E-state index contributed by atoms with van der Waals surface area (Å²) in [5, 5.41) is 6.16. The van der Waals surface area contributed by atoms with Crippen molar-refractivity contribution in [3.8, 4) is 0 Å². The quantitative estimate of drug-likeness (QED) is 0.309. The van der Waals surface area contributed by atoms with Gasteiger partial charge in [0.2, 0.25) is 5.91 Å². The average Bonchev–Trinajstić information content (AvgIpc) is 2.98. The van der Waals surface area contributed by atoms with Gasteiger partial charge in [0.1, 0.15) is 0 Å². The molecule has 0 aromatic heterocycles. The number of fused-ring (bicyclic) bond motifs is 1. The van der Waals surface area contributed by atoms with E-state index in [2.05, 4.69) is 21.7 Å². The van der Waals surface area contributed by atoms with Crippen LogP contribution in [0.25, 0.3) is 0 Å². The molecule has 0 saturated carbocycles. The zero-order valence-electron chi connectivity index (χ0n) is 13.7. The molecule has 1 heterocycles. The maximum Gasteiger partial charge on any atom is 0.246 e. The second kappa shape index (κ2) is 10.4. The summed E-state index contributed by atoms with van der Waals surface area (Å²) in [6.45, 7) is 4.90. The monoisotopic (exact) mass is 432 g/mol. The largest absolute Gasteiger partial charge is 0.380 e. The van der Waals surface area contributed by atoms with Crippen LogP contribution in [-0.2, 0) is 16.0 Å². The molecule has 1 amide bonds. The first-order valence-electron chi connectivity index (χ1n) is 7.66. The van der Waals surface area contributed by atoms with Gasteiger partial charge < -0.3 is 20.3 Å². The molecule has 0 atom stereocenters. The van der Waals surface area contributed by atoms with Crippen molar-refractivity contribution in [3.05, 3.63) is 29.8 Å². The number of ether oxygens (including phenoxy) is 1. The molecule has 1 aliphatic heterocycles. The Hall–Kier alpha value is -1.35. The third-order valence-electron chi connectivity index (χ3n) is 3.56. The molecule has 6 nitrogen and oxygen atoms in total. The first-order valence-corrected chi connectivity index (χ1v) is 7.66. The molecule has 1 aromatic carbocycles. The van der Waals surface area contributed by atoms with Crippen molar-refractivity contribution >= 4 is 41.5 Å². The van der Waals surface area contributed by atoms with Gasteiger partial charge >= 0.3 is 0 Å². The van der Waals surface area contributed by atoms with E-state index in [0.29, 0.717) is 25.7 Å². The van der Waals surface area contributed by atoms with E-state index < -0.39 is 0 Å². The molecule has 23 heavy (non-hydrogen) atoms. The van der Waals surface area contributed by atoms with Gasteiger partial charge in [-0.05, 0) is 25.0 Å². The number of carbonyl (C=O) groups excluding carboxylic acids is 1. The molecule has 7 heteroatoms. The van der Waals surface area contributed by atoms with Crippen LogP contribution in [0.3, 0.4) is 0 Å². The summed E-state index contributed by atoms with van der Waals surface area (Å²) < 4.78 is 5.25. The Balaban J connectivity index is 0.00000264. The summed E-state index contributed by atoms with van der Waals surface area (Å²) >= 11 is 0. The molecule has 1 aliphatic rings. The summed E-state index contributed by atoms with van der Waals surface area (Å²) in [4.78, 5) is 18.3. The SMILES string of the molecule is CCOCCNC(=NC)NCC(=O)N1CCc2ccccc21.I. The van der Waals surface area contributed by atoms with Gasteiger partial charge in [0, 0.05) is 32.4 Å². The second-order valence-corrected chi connectivity index (χ2v) is 4.97. The first kappa shape index (κ1) is 19.7. The van der Waals surface area contributed by atoms with Gasteiger partial charge in [-0.1, -0.05) is 18.2 Å². The molecular weight excluding hydrogens is 407 g/mol. The topological polar surface area (TPSA) is 66.0 Å². The number of anilines is 1. The minimum atomic E-state index is 0. The Kier molecular flexibility index (Phi) is 8.93. The van der Waals surface area contributed by atoms with Crippen molar-refractivity contribution in [2.45, 2.75) is 13.3 Å². The Morgan fingerprint density at radius 2 is 2.13 bits per heavy atom. The van der Waals surface area contributed by atoms with E-state index in [-0.39, 0.29) is 36.4 Å². The lowest BCUT2D eigenvalue weighted by molar-refractivity contribution is -0.117.